The van der Waals surface area contributed by atoms with Crippen molar-refractivity contribution in [2.45, 2.75) is 76.8 Å². The molecule has 0 aliphatic carbocycles. The van der Waals surface area contributed by atoms with E-state index in [1.165, 1.54) is 0 Å². The molecule has 0 aromatic carbocycles. The van der Waals surface area contributed by atoms with Crippen LogP contribution < -0.4 is 0 Å². The minimum atomic E-state index is -1.79. The summed E-state index contributed by atoms with van der Waals surface area (Å²) < 4.78 is 12.1. The molecule has 0 radical (unpaired) electrons. The summed E-state index contributed by atoms with van der Waals surface area (Å²) in [7, 11) is -1.79. The van der Waals surface area contributed by atoms with Crippen LogP contribution in [0.1, 0.15) is 40.5 Å². The third kappa shape index (κ3) is 2.44. The Balaban J connectivity index is 2.09. The van der Waals surface area contributed by atoms with E-state index in [2.05, 4.69) is 33.9 Å². The van der Waals surface area contributed by atoms with Gasteiger partial charge in [-0.3, -0.25) is 0 Å². The molecule has 0 aromatic heterocycles. The molecule has 2 aliphatic rings. The Morgan fingerprint density at radius 2 is 1.88 bits per heavy atom. The Bertz CT molecular complexity index is 299. The number of hydrogen-bond acceptors (Lipinski definition) is 4. The lowest BCUT2D eigenvalue weighted by molar-refractivity contribution is -0.335. The first-order chi connectivity index (χ1) is 7.64. The summed E-state index contributed by atoms with van der Waals surface area (Å²) in [5, 5.41) is 0.194. The maximum absolute atomic E-state index is 6.39. The smallest absolute Gasteiger partial charge is 0.226 e. The zero-order valence-corrected chi connectivity index (χ0v) is 12.7. The first-order valence-corrected chi connectivity index (χ1v) is 9.25. The Kier molecular flexibility index (Phi) is 3.20. The van der Waals surface area contributed by atoms with Crippen molar-refractivity contribution in [1.29, 1.82) is 0 Å². The van der Waals surface area contributed by atoms with E-state index in [0.717, 1.165) is 12.8 Å². The van der Waals surface area contributed by atoms with Gasteiger partial charge in [0.2, 0.25) is 5.79 Å². The quantitative estimate of drug-likeness (QED) is 0.564. The Labute approximate surface area is 105 Å². The monoisotopic (exact) mass is 260 g/mol. The van der Waals surface area contributed by atoms with Crippen LogP contribution in [-0.2, 0) is 18.9 Å². The highest BCUT2D eigenvalue weighted by Crippen LogP contribution is 2.44. The Morgan fingerprint density at radius 1 is 1.24 bits per heavy atom. The van der Waals surface area contributed by atoms with Crippen molar-refractivity contribution in [2.24, 2.45) is 0 Å². The van der Waals surface area contributed by atoms with Crippen LogP contribution in [0.4, 0.5) is 0 Å². The first-order valence-electron chi connectivity index (χ1n) is 6.34. The highest BCUT2D eigenvalue weighted by Gasteiger charge is 2.53. The van der Waals surface area contributed by atoms with E-state index < -0.39 is 14.1 Å². The van der Waals surface area contributed by atoms with Gasteiger partial charge in [0, 0.05) is 6.42 Å². The molecule has 17 heavy (non-hydrogen) atoms. The SMILES string of the molecule is CC(C)(C)[Si](C)(C)O[C@@H]1CC[C@H]2OO[C@]1(C)O2. The lowest BCUT2D eigenvalue weighted by Crippen LogP contribution is -2.53. The second-order valence-electron chi connectivity index (χ2n) is 6.69. The molecule has 2 heterocycles. The van der Waals surface area contributed by atoms with Crippen LogP contribution in [0.15, 0.2) is 0 Å². The van der Waals surface area contributed by atoms with Crippen LogP contribution in [0.25, 0.3) is 0 Å². The molecule has 0 saturated carbocycles. The minimum Gasteiger partial charge on any atom is -0.408 e. The van der Waals surface area contributed by atoms with E-state index in [-0.39, 0.29) is 17.4 Å². The van der Waals surface area contributed by atoms with Crippen molar-refractivity contribution in [2.75, 3.05) is 0 Å². The predicted octanol–water partition coefficient (Wildman–Crippen LogP) is 3.19. The van der Waals surface area contributed by atoms with Crippen molar-refractivity contribution in [1.82, 2.24) is 0 Å². The first kappa shape index (κ1) is 13.5. The van der Waals surface area contributed by atoms with Gasteiger partial charge in [-0.1, -0.05) is 20.8 Å². The topological polar surface area (TPSA) is 36.9 Å². The molecule has 0 aromatic rings. The predicted molar refractivity (Wildman–Crippen MR) is 66.8 cm³/mol. The van der Waals surface area contributed by atoms with E-state index >= 15 is 0 Å². The molecule has 2 aliphatic heterocycles. The zero-order chi connectivity index (χ0) is 12.9. The maximum atomic E-state index is 6.39. The van der Waals surface area contributed by atoms with Crippen LogP contribution in [0.5, 0.6) is 0 Å². The van der Waals surface area contributed by atoms with Crippen molar-refractivity contribution >= 4 is 8.32 Å². The zero-order valence-electron chi connectivity index (χ0n) is 11.7. The molecule has 2 saturated heterocycles. The highest BCUT2D eigenvalue weighted by atomic mass is 28.4. The second-order valence-corrected chi connectivity index (χ2v) is 11.4. The van der Waals surface area contributed by atoms with Gasteiger partial charge in [-0.2, -0.15) is 4.89 Å². The normalized spacial score (nSPS) is 38.5. The maximum Gasteiger partial charge on any atom is 0.226 e. The molecule has 0 amide bonds. The summed E-state index contributed by atoms with van der Waals surface area (Å²) in [6, 6.07) is 0. The molecule has 2 bridgehead atoms. The molecule has 2 fully saturated rings. The average Bonchev–Trinajstić information content (AvgIpc) is 2.47. The van der Waals surface area contributed by atoms with Crippen molar-refractivity contribution in [3.63, 3.8) is 0 Å². The third-order valence-electron chi connectivity index (χ3n) is 4.18. The van der Waals surface area contributed by atoms with Crippen LogP contribution in [-0.4, -0.2) is 26.5 Å². The summed E-state index contributed by atoms with van der Waals surface area (Å²) in [6.07, 6.45) is 1.55. The molecule has 0 unspecified atom stereocenters. The van der Waals surface area contributed by atoms with Crippen LogP contribution >= 0.6 is 0 Å². The minimum absolute atomic E-state index is 0.0258. The third-order valence-corrected chi connectivity index (χ3v) is 8.66. The molecular formula is C12H24O4Si. The Hall–Kier alpha value is 0.0569. The number of ether oxygens (including phenoxy) is 1. The molecule has 100 valence electrons. The number of hydrogen-bond donors (Lipinski definition) is 0. The summed E-state index contributed by atoms with van der Waals surface area (Å²) in [4.78, 5) is 10.4. The molecule has 3 atom stereocenters. The molecule has 4 nitrogen and oxygen atoms in total. The average molecular weight is 260 g/mol. The van der Waals surface area contributed by atoms with Gasteiger partial charge < -0.3 is 9.16 Å². The molecule has 2 rings (SSSR count). The standard InChI is InChI=1S/C12H24O4Si/c1-11(2,3)17(5,6)15-9-7-8-10-13-12(9,4)16-14-10/h9-10H,7-8H2,1-6H3/t9-,10-,12+/m1/s1. The second kappa shape index (κ2) is 4.03. The van der Waals surface area contributed by atoms with E-state index in [0.29, 0.717) is 0 Å². The van der Waals surface area contributed by atoms with Crippen LogP contribution in [0.3, 0.4) is 0 Å². The van der Waals surface area contributed by atoms with E-state index in [4.69, 9.17) is 18.9 Å². The van der Waals surface area contributed by atoms with Crippen molar-refractivity contribution < 1.29 is 18.9 Å². The van der Waals surface area contributed by atoms with E-state index in [1.807, 2.05) is 6.92 Å². The summed E-state index contributed by atoms with van der Waals surface area (Å²) in [5.74, 6) is -0.724. The Morgan fingerprint density at radius 3 is 2.47 bits per heavy atom. The number of rotatable bonds is 2. The van der Waals surface area contributed by atoms with Gasteiger partial charge >= 0.3 is 0 Å². The van der Waals surface area contributed by atoms with Gasteiger partial charge in [0.1, 0.15) is 6.10 Å². The molecule has 0 N–H and O–H groups in total. The van der Waals surface area contributed by atoms with Crippen molar-refractivity contribution in [3.05, 3.63) is 0 Å². The van der Waals surface area contributed by atoms with Crippen LogP contribution in [0.2, 0.25) is 18.1 Å². The van der Waals surface area contributed by atoms with Gasteiger partial charge in [0.15, 0.2) is 14.6 Å². The van der Waals surface area contributed by atoms with Gasteiger partial charge in [0.05, 0.1) is 0 Å². The highest BCUT2D eigenvalue weighted by molar-refractivity contribution is 6.74. The van der Waals surface area contributed by atoms with E-state index in [9.17, 15) is 0 Å². The fraction of sp³-hybridized carbons (Fsp3) is 1.00. The number of fused-ring (bicyclic) bond motifs is 2. The molecular weight excluding hydrogens is 236 g/mol. The molecule has 5 heteroatoms. The summed E-state index contributed by atoms with van der Waals surface area (Å²) >= 11 is 0. The van der Waals surface area contributed by atoms with E-state index in [1.54, 1.807) is 0 Å². The largest absolute Gasteiger partial charge is 0.408 e. The van der Waals surface area contributed by atoms with Crippen molar-refractivity contribution in [3.8, 4) is 0 Å². The molecule has 0 spiro atoms. The van der Waals surface area contributed by atoms with Gasteiger partial charge in [-0.05, 0) is 31.5 Å². The van der Waals surface area contributed by atoms with Gasteiger partial charge in [-0.25, -0.2) is 4.89 Å². The van der Waals surface area contributed by atoms with Gasteiger partial charge in [-0.15, -0.1) is 0 Å². The fourth-order valence-electron chi connectivity index (χ4n) is 1.93. The summed E-state index contributed by atoms with van der Waals surface area (Å²) in [6.45, 7) is 13.1. The van der Waals surface area contributed by atoms with Crippen LogP contribution in [0, 0.1) is 0 Å². The summed E-state index contributed by atoms with van der Waals surface area (Å²) in [5.41, 5.74) is 0. The van der Waals surface area contributed by atoms with Gasteiger partial charge in [0.25, 0.3) is 0 Å². The fourth-order valence-corrected chi connectivity index (χ4v) is 3.33. The lowest BCUT2D eigenvalue weighted by Gasteiger charge is -2.43. The lowest BCUT2D eigenvalue weighted by atomic mass is 10.0.